The molecule has 22 heavy (non-hydrogen) atoms. The number of aromatic amines is 1. The molecule has 2 aromatic carbocycles. The normalized spacial score (nSPS) is 10.8. The standard InChI is InChI=1S/C17H16ClN3O/c18-15-9-12(19)5-6-14(15)17(22)20-8-7-11-10-21-16-4-2-1-3-13(11)16/h1-6,9-10,21H,7-8,19H2,(H,20,22). The van der Waals surface area contributed by atoms with Gasteiger partial charge in [-0.2, -0.15) is 0 Å². The highest BCUT2D eigenvalue weighted by Crippen LogP contribution is 2.20. The maximum absolute atomic E-state index is 12.1. The lowest BCUT2D eigenvalue weighted by atomic mass is 10.1. The van der Waals surface area contributed by atoms with Gasteiger partial charge < -0.3 is 16.0 Å². The third-order valence-electron chi connectivity index (χ3n) is 3.59. The fraction of sp³-hybridized carbons (Fsp3) is 0.118. The minimum Gasteiger partial charge on any atom is -0.399 e. The molecule has 1 amide bonds. The lowest BCUT2D eigenvalue weighted by molar-refractivity contribution is 0.0954. The number of amides is 1. The average Bonchev–Trinajstić information content (AvgIpc) is 2.90. The summed E-state index contributed by atoms with van der Waals surface area (Å²) in [5, 5.41) is 4.43. The Morgan fingerprint density at radius 1 is 1.23 bits per heavy atom. The molecular weight excluding hydrogens is 298 g/mol. The Morgan fingerprint density at radius 3 is 2.86 bits per heavy atom. The fourth-order valence-electron chi connectivity index (χ4n) is 2.46. The van der Waals surface area contributed by atoms with Crippen LogP contribution in [0.5, 0.6) is 0 Å². The van der Waals surface area contributed by atoms with Gasteiger partial charge >= 0.3 is 0 Å². The van der Waals surface area contributed by atoms with Crippen molar-refractivity contribution in [2.45, 2.75) is 6.42 Å². The van der Waals surface area contributed by atoms with Crippen molar-refractivity contribution in [1.82, 2.24) is 10.3 Å². The first-order chi connectivity index (χ1) is 10.6. The summed E-state index contributed by atoms with van der Waals surface area (Å²) in [4.78, 5) is 15.4. The van der Waals surface area contributed by atoms with Crippen LogP contribution in [-0.4, -0.2) is 17.4 Å². The van der Waals surface area contributed by atoms with Crippen molar-refractivity contribution >= 4 is 34.1 Å². The second kappa shape index (κ2) is 6.12. The van der Waals surface area contributed by atoms with E-state index in [1.54, 1.807) is 18.2 Å². The summed E-state index contributed by atoms with van der Waals surface area (Å²) < 4.78 is 0. The zero-order valence-corrected chi connectivity index (χ0v) is 12.7. The number of hydrogen-bond donors (Lipinski definition) is 3. The molecule has 3 rings (SSSR count). The number of H-pyrrole nitrogens is 1. The summed E-state index contributed by atoms with van der Waals surface area (Å²) in [6.07, 6.45) is 2.73. The Bertz CT molecular complexity index is 826. The van der Waals surface area contributed by atoms with Gasteiger partial charge in [-0.25, -0.2) is 0 Å². The lowest BCUT2D eigenvalue weighted by Gasteiger charge is -2.07. The first kappa shape index (κ1) is 14.5. The van der Waals surface area contributed by atoms with Crippen LogP contribution in [0.2, 0.25) is 5.02 Å². The predicted molar refractivity (Wildman–Crippen MR) is 90.2 cm³/mol. The number of carbonyl (C=O) groups excluding carboxylic acids is 1. The first-order valence-electron chi connectivity index (χ1n) is 7.03. The van der Waals surface area contributed by atoms with Crippen LogP contribution < -0.4 is 11.1 Å². The molecule has 0 saturated carbocycles. The molecule has 0 aliphatic heterocycles. The number of nitrogens with one attached hydrogen (secondary N) is 2. The molecule has 3 aromatic rings. The summed E-state index contributed by atoms with van der Waals surface area (Å²) in [6.45, 7) is 0.543. The van der Waals surface area contributed by atoms with Gasteiger partial charge in [-0.15, -0.1) is 0 Å². The maximum Gasteiger partial charge on any atom is 0.252 e. The molecule has 1 aromatic heterocycles. The minimum absolute atomic E-state index is 0.190. The van der Waals surface area contributed by atoms with Crippen molar-refractivity contribution in [2.24, 2.45) is 0 Å². The van der Waals surface area contributed by atoms with Crippen molar-refractivity contribution in [3.63, 3.8) is 0 Å². The molecule has 4 N–H and O–H groups in total. The topological polar surface area (TPSA) is 70.9 Å². The number of halogens is 1. The largest absolute Gasteiger partial charge is 0.399 e. The molecular formula is C17H16ClN3O. The van der Waals surface area contributed by atoms with Gasteiger partial charge in [0.15, 0.2) is 0 Å². The molecule has 0 fully saturated rings. The molecule has 4 nitrogen and oxygen atoms in total. The minimum atomic E-state index is -0.190. The Morgan fingerprint density at radius 2 is 2.05 bits per heavy atom. The van der Waals surface area contributed by atoms with E-state index in [0.29, 0.717) is 22.8 Å². The van der Waals surface area contributed by atoms with E-state index in [-0.39, 0.29) is 5.91 Å². The predicted octanol–water partition coefficient (Wildman–Crippen LogP) is 3.38. The van der Waals surface area contributed by atoms with Crippen LogP contribution >= 0.6 is 11.6 Å². The molecule has 0 spiro atoms. The third-order valence-corrected chi connectivity index (χ3v) is 3.91. The van der Waals surface area contributed by atoms with Crippen LogP contribution in [-0.2, 0) is 6.42 Å². The highest BCUT2D eigenvalue weighted by Gasteiger charge is 2.10. The smallest absolute Gasteiger partial charge is 0.252 e. The summed E-state index contributed by atoms with van der Waals surface area (Å²) in [5.41, 5.74) is 8.89. The number of carbonyl (C=O) groups is 1. The lowest BCUT2D eigenvalue weighted by Crippen LogP contribution is -2.25. The number of nitrogen functional groups attached to an aromatic ring is 1. The van der Waals surface area contributed by atoms with Crippen LogP contribution in [0, 0.1) is 0 Å². The Balaban J connectivity index is 1.64. The van der Waals surface area contributed by atoms with Crippen molar-refractivity contribution in [1.29, 1.82) is 0 Å². The van der Waals surface area contributed by atoms with E-state index in [1.807, 2.05) is 24.4 Å². The number of benzene rings is 2. The molecule has 1 heterocycles. The molecule has 0 saturated heterocycles. The fourth-order valence-corrected chi connectivity index (χ4v) is 2.73. The molecule has 5 heteroatoms. The third kappa shape index (κ3) is 2.92. The summed E-state index contributed by atoms with van der Waals surface area (Å²) in [7, 11) is 0. The number of hydrogen-bond acceptors (Lipinski definition) is 2. The second-order valence-corrected chi connectivity index (χ2v) is 5.51. The van der Waals surface area contributed by atoms with Crippen molar-refractivity contribution in [3.8, 4) is 0 Å². The van der Waals surface area contributed by atoms with Gasteiger partial charge in [-0.1, -0.05) is 29.8 Å². The van der Waals surface area contributed by atoms with Gasteiger partial charge in [-0.05, 0) is 36.2 Å². The van der Waals surface area contributed by atoms with Gasteiger partial charge in [0.2, 0.25) is 0 Å². The maximum atomic E-state index is 12.1. The zero-order chi connectivity index (χ0) is 15.5. The van der Waals surface area contributed by atoms with E-state index in [9.17, 15) is 4.79 Å². The number of anilines is 1. The Labute approximate surface area is 133 Å². The van der Waals surface area contributed by atoms with Crippen molar-refractivity contribution in [2.75, 3.05) is 12.3 Å². The quantitative estimate of drug-likeness (QED) is 0.646. The monoisotopic (exact) mass is 313 g/mol. The van der Waals surface area contributed by atoms with Crippen LogP contribution in [0.25, 0.3) is 10.9 Å². The van der Waals surface area contributed by atoms with Crippen LogP contribution in [0.4, 0.5) is 5.69 Å². The van der Waals surface area contributed by atoms with Crippen LogP contribution in [0.1, 0.15) is 15.9 Å². The average molecular weight is 314 g/mol. The van der Waals surface area contributed by atoms with E-state index < -0.39 is 0 Å². The highest BCUT2D eigenvalue weighted by atomic mass is 35.5. The van der Waals surface area contributed by atoms with Crippen molar-refractivity contribution < 1.29 is 4.79 Å². The van der Waals surface area contributed by atoms with Crippen LogP contribution in [0.15, 0.2) is 48.7 Å². The van der Waals surface area contributed by atoms with E-state index in [0.717, 1.165) is 11.9 Å². The number of rotatable bonds is 4. The van der Waals surface area contributed by atoms with Gasteiger partial charge in [-0.3, -0.25) is 4.79 Å². The van der Waals surface area contributed by atoms with Gasteiger partial charge in [0.25, 0.3) is 5.91 Å². The van der Waals surface area contributed by atoms with E-state index in [2.05, 4.69) is 16.4 Å². The van der Waals surface area contributed by atoms with Crippen molar-refractivity contribution in [3.05, 3.63) is 64.8 Å². The summed E-state index contributed by atoms with van der Waals surface area (Å²) in [5.74, 6) is -0.190. The molecule has 0 bridgehead atoms. The zero-order valence-electron chi connectivity index (χ0n) is 11.9. The number of fused-ring (bicyclic) bond motifs is 1. The molecule has 0 unspecified atom stereocenters. The molecule has 0 atom stereocenters. The number of para-hydroxylation sites is 1. The Kier molecular flexibility index (Phi) is 4.02. The van der Waals surface area contributed by atoms with Gasteiger partial charge in [0.1, 0.15) is 0 Å². The Hall–Kier alpha value is -2.46. The molecule has 0 aliphatic rings. The van der Waals surface area contributed by atoms with E-state index in [4.69, 9.17) is 17.3 Å². The summed E-state index contributed by atoms with van der Waals surface area (Å²) in [6, 6.07) is 13.0. The summed E-state index contributed by atoms with van der Waals surface area (Å²) >= 11 is 6.04. The molecule has 112 valence electrons. The number of nitrogens with two attached hydrogens (primary N) is 1. The first-order valence-corrected chi connectivity index (χ1v) is 7.41. The SMILES string of the molecule is Nc1ccc(C(=O)NCCc2c[nH]c3ccccc23)c(Cl)c1. The second-order valence-electron chi connectivity index (χ2n) is 5.10. The molecule has 0 aliphatic carbocycles. The van der Waals surface area contributed by atoms with E-state index >= 15 is 0 Å². The molecule has 0 radical (unpaired) electrons. The van der Waals surface area contributed by atoms with E-state index in [1.165, 1.54) is 10.9 Å². The van der Waals surface area contributed by atoms with Gasteiger partial charge in [0.05, 0.1) is 10.6 Å². The number of aromatic nitrogens is 1. The highest BCUT2D eigenvalue weighted by molar-refractivity contribution is 6.34. The van der Waals surface area contributed by atoms with Gasteiger partial charge in [0, 0.05) is 29.3 Å². The van der Waals surface area contributed by atoms with Crippen LogP contribution in [0.3, 0.4) is 0 Å².